The Morgan fingerprint density at radius 1 is 1.26 bits per heavy atom. The van der Waals surface area contributed by atoms with Gasteiger partial charge in [-0.05, 0) is 23.5 Å². The van der Waals surface area contributed by atoms with E-state index >= 15 is 0 Å². The van der Waals surface area contributed by atoms with Crippen molar-refractivity contribution in [3.05, 3.63) is 40.5 Å². The van der Waals surface area contributed by atoms with Gasteiger partial charge in [0.2, 0.25) is 0 Å². The third kappa shape index (κ3) is 3.53. The van der Waals surface area contributed by atoms with E-state index in [0.717, 1.165) is 17.2 Å². The number of hydrogen-bond acceptors (Lipinski definition) is 4. The minimum absolute atomic E-state index is 0.144. The molecule has 2 aromatic rings. The number of hydrogen-bond donors (Lipinski definition) is 1. The maximum Gasteiger partial charge on any atom is 0.126 e. The van der Waals surface area contributed by atoms with Crippen molar-refractivity contribution in [2.24, 2.45) is 0 Å². The number of aromatic nitrogens is 2. The summed E-state index contributed by atoms with van der Waals surface area (Å²) in [5, 5.41) is 6.57. The van der Waals surface area contributed by atoms with Crippen molar-refractivity contribution < 1.29 is 0 Å². The zero-order chi connectivity index (χ0) is 13.9. The van der Waals surface area contributed by atoms with Crippen LogP contribution in [0.15, 0.2) is 29.9 Å². The molecule has 102 valence electrons. The van der Waals surface area contributed by atoms with Gasteiger partial charge in [0.1, 0.15) is 10.8 Å². The molecule has 0 amide bonds. The number of nitrogens with one attached hydrogen (secondary N) is 1. The van der Waals surface area contributed by atoms with Crippen molar-refractivity contribution in [3.63, 3.8) is 0 Å². The van der Waals surface area contributed by atoms with Crippen LogP contribution in [0.1, 0.15) is 50.7 Å². The maximum absolute atomic E-state index is 4.51. The molecule has 0 saturated carbocycles. The molecule has 0 saturated heterocycles. The van der Waals surface area contributed by atoms with E-state index in [0.29, 0.717) is 0 Å². The summed E-state index contributed by atoms with van der Waals surface area (Å²) in [6.45, 7) is 8.74. The SMILES string of the molecule is CCC(Nc1ccc(C(C)(C)C)cn1)c1nccs1. The molecule has 2 heterocycles. The Kier molecular flexibility index (Phi) is 4.20. The fraction of sp³-hybridized carbons (Fsp3) is 0.467. The summed E-state index contributed by atoms with van der Waals surface area (Å²) in [5.74, 6) is 0.912. The first-order valence-electron chi connectivity index (χ1n) is 6.63. The summed E-state index contributed by atoms with van der Waals surface area (Å²) in [7, 11) is 0. The van der Waals surface area contributed by atoms with Gasteiger partial charge >= 0.3 is 0 Å². The van der Waals surface area contributed by atoms with Crippen LogP contribution in [0, 0.1) is 0 Å². The molecule has 0 spiro atoms. The molecule has 4 heteroatoms. The Morgan fingerprint density at radius 3 is 2.53 bits per heavy atom. The summed E-state index contributed by atoms with van der Waals surface area (Å²) >= 11 is 1.68. The normalized spacial score (nSPS) is 13.3. The highest BCUT2D eigenvalue weighted by atomic mass is 32.1. The smallest absolute Gasteiger partial charge is 0.126 e. The Labute approximate surface area is 119 Å². The number of rotatable bonds is 4. The third-order valence-corrected chi connectivity index (χ3v) is 4.00. The summed E-state index contributed by atoms with van der Waals surface area (Å²) in [6, 6.07) is 4.44. The summed E-state index contributed by atoms with van der Waals surface area (Å²) in [4.78, 5) is 8.88. The van der Waals surface area contributed by atoms with Crippen LogP contribution in [-0.4, -0.2) is 9.97 Å². The quantitative estimate of drug-likeness (QED) is 0.898. The molecule has 3 nitrogen and oxygen atoms in total. The first-order valence-corrected chi connectivity index (χ1v) is 7.51. The lowest BCUT2D eigenvalue weighted by atomic mass is 9.88. The largest absolute Gasteiger partial charge is 0.361 e. The predicted octanol–water partition coefficient (Wildman–Crippen LogP) is 4.40. The lowest BCUT2D eigenvalue weighted by Crippen LogP contribution is -2.13. The van der Waals surface area contributed by atoms with Gasteiger partial charge in [-0.1, -0.05) is 33.8 Å². The molecule has 2 rings (SSSR count). The van der Waals surface area contributed by atoms with Crippen LogP contribution in [-0.2, 0) is 5.41 Å². The van der Waals surface area contributed by atoms with E-state index < -0.39 is 0 Å². The number of nitrogens with zero attached hydrogens (tertiary/aromatic N) is 2. The monoisotopic (exact) mass is 275 g/mol. The van der Waals surface area contributed by atoms with E-state index in [4.69, 9.17) is 0 Å². The number of thiazole rings is 1. The van der Waals surface area contributed by atoms with Crippen molar-refractivity contribution in [3.8, 4) is 0 Å². The molecule has 0 aliphatic heterocycles. The van der Waals surface area contributed by atoms with Crippen LogP contribution in [0.2, 0.25) is 0 Å². The van der Waals surface area contributed by atoms with Crippen LogP contribution in [0.25, 0.3) is 0 Å². The molecule has 0 aliphatic rings. The zero-order valence-corrected chi connectivity index (χ0v) is 12.8. The summed E-state index contributed by atoms with van der Waals surface area (Å²) in [6.07, 6.45) is 4.80. The molecule has 2 aromatic heterocycles. The van der Waals surface area contributed by atoms with Crippen LogP contribution in [0.5, 0.6) is 0 Å². The van der Waals surface area contributed by atoms with Gasteiger partial charge in [0.25, 0.3) is 0 Å². The standard InChI is InChI=1S/C15H21N3S/c1-5-12(14-16-8-9-19-14)18-13-7-6-11(10-17-13)15(2,3)4/h6-10,12H,5H2,1-4H3,(H,17,18). The molecule has 0 fully saturated rings. The van der Waals surface area contributed by atoms with Gasteiger partial charge < -0.3 is 5.32 Å². The van der Waals surface area contributed by atoms with Crippen LogP contribution in [0.4, 0.5) is 5.82 Å². The second-order valence-corrected chi connectivity index (χ2v) is 6.58. The second kappa shape index (κ2) is 5.70. The topological polar surface area (TPSA) is 37.8 Å². The first kappa shape index (κ1) is 14.0. The van der Waals surface area contributed by atoms with Gasteiger partial charge in [0.05, 0.1) is 6.04 Å². The highest BCUT2D eigenvalue weighted by Crippen LogP contribution is 2.25. The fourth-order valence-corrected chi connectivity index (χ4v) is 2.62. The molecular weight excluding hydrogens is 254 g/mol. The van der Waals surface area contributed by atoms with E-state index in [2.05, 4.69) is 55.1 Å². The van der Waals surface area contributed by atoms with Crippen molar-refractivity contribution in [1.29, 1.82) is 0 Å². The highest BCUT2D eigenvalue weighted by Gasteiger charge is 2.15. The molecule has 19 heavy (non-hydrogen) atoms. The maximum atomic E-state index is 4.51. The number of anilines is 1. The molecule has 1 atom stereocenters. The molecule has 0 aromatic carbocycles. The number of pyridine rings is 1. The van der Waals surface area contributed by atoms with Crippen molar-refractivity contribution in [1.82, 2.24) is 9.97 Å². The van der Waals surface area contributed by atoms with Gasteiger partial charge in [-0.2, -0.15) is 0 Å². The van der Waals surface area contributed by atoms with E-state index in [-0.39, 0.29) is 11.5 Å². The second-order valence-electron chi connectivity index (χ2n) is 5.66. The summed E-state index contributed by atoms with van der Waals surface area (Å²) < 4.78 is 0. The van der Waals surface area contributed by atoms with Gasteiger partial charge in [-0.15, -0.1) is 11.3 Å². The lowest BCUT2D eigenvalue weighted by Gasteiger charge is -2.20. The minimum Gasteiger partial charge on any atom is -0.361 e. The van der Waals surface area contributed by atoms with Crippen molar-refractivity contribution >= 4 is 17.2 Å². The van der Waals surface area contributed by atoms with E-state index in [1.165, 1.54) is 5.56 Å². The molecule has 0 bridgehead atoms. The molecule has 0 radical (unpaired) electrons. The fourth-order valence-electron chi connectivity index (χ4n) is 1.85. The Hall–Kier alpha value is -1.42. The van der Waals surface area contributed by atoms with Gasteiger partial charge in [0.15, 0.2) is 0 Å². The molecule has 0 aliphatic carbocycles. The van der Waals surface area contributed by atoms with Crippen molar-refractivity contribution in [2.45, 2.75) is 45.6 Å². The Morgan fingerprint density at radius 2 is 2.05 bits per heavy atom. The van der Waals surface area contributed by atoms with Gasteiger partial charge in [-0.25, -0.2) is 9.97 Å². The van der Waals surface area contributed by atoms with Crippen LogP contribution < -0.4 is 5.32 Å². The van der Waals surface area contributed by atoms with Crippen LogP contribution in [0.3, 0.4) is 0 Å². The predicted molar refractivity (Wildman–Crippen MR) is 81.7 cm³/mol. The Balaban J connectivity index is 2.11. The van der Waals surface area contributed by atoms with Gasteiger partial charge in [0, 0.05) is 17.8 Å². The van der Waals surface area contributed by atoms with E-state index in [1.54, 1.807) is 11.3 Å². The Bertz CT molecular complexity index is 497. The summed E-state index contributed by atoms with van der Waals surface area (Å²) in [5.41, 5.74) is 1.39. The van der Waals surface area contributed by atoms with Crippen LogP contribution >= 0.6 is 11.3 Å². The average molecular weight is 275 g/mol. The minimum atomic E-state index is 0.144. The third-order valence-electron chi connectivity index (χ3n) is 3.11. The molecule has 1 N–H and O–H groups in total. The molecule has 1 unspecified atom stereocenters. The van der Waals surface area contributed by atoms with E-state index in [1.807, 2.05) is 17.8 Å². The highest BCUT2D eigenvalue weighted by molar-refractivity contribution is 7.09. The van der Waals surface area contributed by atoms with Crippen molar-refractivity contribution in [2.75, 3.05) is 5.32 Å². The molecular formula is C15H21N3S. The van der Waals surface area contributed by atoms with Gasteiger partial charge in [-0.3, -0.25) is 0 Å². The van der Waals surface area contributed by atoms with E-state index in [9.17, 15) is 0 Å². The zero-order valence-electron chi connectivity index (χ0n) is 12.0. The lowest BCUT2D eigenvalue weighted by molar-refractivity contribution is 0.587. The average Bonchev–Trinajstić information content (AvgIpc) is 2.89. The first-order chi connectivity index (χ1) is 9.00.